The molecule has 2 amide bonds. The van der Waals surface area contributed by atoms with Gasteiger partial charge in [0.25, 0.3) is 0 Å². The number of hydrogen-bond acceptors (Lipinski definition) is 5. The molecule has 8 heteroatoms. The Hall–Kier alpha value is -3.13. The van der Waals surface area contributed by atoms with Gasteiger partial charge in [-0.3, -0.25) is 9.69 Å². The van der Waals surface area contributed by atoms with Crippen molar-refractivity contribution in [3.05, 3.63) is 71.4 Å². The molecule has 1 N–H and O–H groups in total. The molecule has 0 spiro atoms. The summed E-state index contributed by atoms with van der Waals surface area (Å²) >= 11 is 0. The molecule has 0 aromatic heterocycles. The molecule has 0 aliphatic carbocycles. The van der Waals surface area contributed by atoms with Crippen LogP contribution >= 0.6 is 0 Å². The van der Waals surface area contributed by atoms with Crippen LogP contribution in [0.5, 0.6) is 0 Å². The maximum Gasteiger partial charge on any atom is 0.414 e. The second kappa shape index (κ2) is 10.0. The highest BCUT2D eigenvalue weighted by Crippen LogP contribution is 2.32. The second-order valence-electron chi connectivity index (χ2n) is 9.45. The molecular formula is C26H32N2O5S. The average molecular weight is 485 g/mol. The van der Waals surface area contributed by atoms with Gasteiger partial charge < -0.3 is 10.1 Å². The van der Waals surface area contributed by atoms with Crippen LogP contribution in [0.3, 0.4) is 0 Å². The number of nitrogens with zero attached hydrogens (tertiary/aromatic N) is 1. The van der Waals surface area contributed by atoms with Crippen molar-refractivity contribution in [1.29, 1.82) is 0 Å². The third-order valence-electron chi connectivity index (χ3n) is 5.54. The van der Waals surface area contributed by atoms with Gasteiger partial charge in [0, 0.05) is 24.4 Å². The molecule has 1 heterocycles. The summed E-state index contributed by atoms with van der Waals surface area (Å²) in [5.41, 5.74) is 2.97. The van der Waals surface area contributed by atoms with E-state index in [0.717, 1.165) is 16.7 Å². The topological polar surface area (TPSA) is 92.8 Å². The maximum absolute atomic E-state index is 12.4. The van der Waals surface area contributed by atoms with E-state index in [0.29, 0.717) is 12.2 Å². The summed E-state index contributed by atoms with van der Waals surface area (Å²) in [5, 5.41) is 2.87. The molecule has 0 saturated carbocycles. The standard InChI is InChI=1S/C26H32N2O5S/c1-6-34(31,32)22-13-7-19(8-14-22)15-24(29)27-21-11-9-20(10-12-21)23-17-28(16-18(23)2)25(30)33-26(3,4)5/h7-14,16,23H,6,15,17H2,1-5H3,(H,27,29). The highest BCUT2D eigenvalue weighted by atomic mass is 32.2. The molecule has 0 radical (unpaired) electrons. The van der Waals surface area contributed by atoms with Crippen LogP contribution < -0.4 is 5.32 Å². The highest BCUT2D eigenvalue weighted by molar-refractivity contribution is 7.91. The minimum atomic E-state index is -3.26. The number of nitrogens with one attached hydrogen (secondary N) is 1. The fourth-order valence-electron chi connectivity index (χ4n) is 3.72. The second-order valence-corrected chi connectivity index (χ2v) is 11.7. The number of carbonyl (C=O) groups is 2. The van der Waals surface area contributed by atoms with Gasteiger partial charge in [-0.15, -0.1) is 0 Å². The molecule has 1 atom stereocenters. The van der Waals surface area contributed by atoms with E-state index in [4.69, 9.17) is 4.74 Å². The Morgan fingerprint density at radius 3 is 2.24 bits per heavy atom. The number of amides is 2. The maximum atomic E-state index is 12.4. The van der Waals surface area contributed by atoms with Crippen molar-refractivity contribution in [3.8, 4) is 0 Å². The Bertz CT molecular complexity index is 1180. The van der Waals surface area contributed by atoms with Crippen molar-refractivity contribution in [2.24, 2.45) is 0 Å². The highest BCUT2D eigenvalue weighted by Gasteiger charge is 2.30. The zero-order valence-corrected chi connectivity index (χ0v) is 21.1. The van der Waals surface area contributed by atoms with E-state index in [-0.39, 0.29) is 35.0 Å². The Balaban J connectivity index is 1.58. The van der Waals surface area contributed by atoms with Gasteiger partial charge in [-0.25, -0.2) is 13.2 Å². The number of carbonyl (C=O) groups excluding carboxylic acids is 2. The quantitative estimate of drug-likeness (QED) is 0.630. The van der Waals surface area contributed by atoms with Gasteiger partial charge in [0.1, 0.15) is 5.60 Å². The first-order chi connectivity index (χ1) is 15.9. The van der Waals surface area contributed by atoms with Crippen molar-refractivity contribution in [3.63, 3.8) is 0 Å². The van der Waals surface area contributed by atoms with Crippen LogP contribution in [0.25, 0.3) is 0 Å². The third kappa shape index (κ3) is 6.47. The van der Waals surface area contributed by atoms with Crippen LogP contribution in [0.2, 0.25) is 0 Å². The van der Waals surface area contributed by atoms with Gasteiger partial charge in [-0.1, -0.05) is 31.2 Å². The van der Waals surface area contributed by atoms with Crippen molar-refractivity contribution >= 4 is 27.5 Å². The molecule has 182 valence electrons. The van der Waals surface area contributed by atoms with Crippen molar-refractivity contribution in [1.82, 2.24) is 4.90 Å². The minimum absolute atomic E-state index is 0.0397. The molecule has 0 saturated heterocycles. The number of ether oxygens (including phenoxy) is 1. The molecule has 1 aliphatic heterocycles. The van der Waals surface area contributed by atoms with Crippen molar-refractivity contribution in [2.45, 2.75) is 57.5 Å². The van der Waals surface area contributed by atoms with E-state index in [1.54, 1.807) is 24.0 Å². The van der Waals surface area contributed by atoms with E-state index < -0.39 is 15.4 Å². The minimum Gasteiger partial charge on any atom is -0.443 e. The predicted molar refractivity (Wildman–Crippen MR) is 132 cm³/mol. The Morgan fingerprint density at radius 1 is 1.06 bits per heavy atom. The first kappa shape index (κ1) is 25.5. The first-order valence-corrected chi connectivity index (χ1v) is 12.9. The van der Waals surface area contributed by atoms with E-state index in [1.807, 2.05) is 58.2 Å². The van der Waals surface area contributed by atoms with Crippen molar-refractivity contribution in [2.75, 3.05) is 17.6 Å². The van der Waals surface area contributed by atoms with Crippen LogP contribution in [0.15, 0.2) is 65.2 Å². The largest absolute Gasteiger partial charge is 0.443 e. The lowest BCUT2D eigenvalue weighted by Crippen LogP contribution is -2.33. The Labute approximate surface area is 201 Å². The van der Waals surface area contributed by atoms with Gasteiger partial charge in [0.2, 0.25) is 5.91 Å². The summed E-state index contributed by atoms with van der Waals surface area (Å²) in [6, 6.07) is 14.0. The number of anilines is 1. The van der Waals surface area contributed by atoms with Crippen LogP contribution in [-0.2, 0) is 25.8 Å². The van der Waals surface area contributed by atoms with E-state index in [1.165, 1.54) is 12.1 Å². The average Bonchev–Trinajstić information content (AvgIpc) is 3.15. The number of sulfone groups is 1. The summed E-state index contributed by atoms with van der Waals surface area (Å²) in [4.78, 5) is 26.7. The zero-order chi connectivity index (χ0) is 25.1. The molecule has 3 rings (SSSR count). The lowest BCUT2D eigenvalue weighted by atomic mass is 9.94. The summed E-state index contributed by atoms with van der Waals surface area (Å²) in [6.45, 7) is 9.62. The third-order valence-corrected chi connectivity index (χ3v) is 7.29. The lowest BCUT2D eigenvalue weighted by molar-refractivity contribution is -0.115. The molecule has 0 bridgehead atoms. The molecule has 2 aromatic rings. The lowest BCUT2D eigenvalue weighted by Gasteiger charge is -2.24. The van der Waals surface area contributed by atoms with Gasteiger partial charge in [-0.2, -0.15) is 0 Å². The molecule has 2 aromatic carbocycles. The molecular weight excluding hydrogens is 452 g/mol. The van der Waals surface area contributed by atoms with E-state index in [9.17, 15) is 18.0 Å². The van der Waals surface area contributed by atoms with Gasteiger partial charge >= 0.3 is 6.09 Å². The summed E-state index contributed by atoms with van der Waals surface area (Å²) in [5.74, 6) is -0.0834. The Kier molecular flexibility index (Phi) is 7.51. The fourth-order valence-corrected chi connectivity index (χ4v) is 4.60. The molecule has 34 heavy (non-hydrogen) atoms. The molecule has 7 nitrogen and oxygen atoms in total. The summed E-state index contributed by atoms with van der Waals surface area (Å²) in [7, 11) is -3.26. The van der Waals surface area contributed by atoms with Gasteiger partial charge in [0.15, 0.2) is 9.84 Å². The zero-order valence-electron chi connectivity index (χ0n) is 20.3. The van der Waals surface area contributed by atoms with Crippen LogP contribution in [0.4, 0.5) is 10.5 Å². The SMILES string of the molecule is CCS(=O)(=O)c1ccc(CC(=O)Nc2ccc(C3CN(C(=O)OC(C)(C)C)C=C3C)cc2)cc1. The first-order valence-electron chi connectivity index (χ1n) is 11.3. The monoisotopic (exact) mass is 484 g/mol. The number of rotatable bonds is 6. The molecule has 1 aliphatic rings. The van der Waals surface area contributed by atoms with Crippen LogP contribution in [-0.4, -0.2) is 43.2 Å². The van der Waals surface area contributed by atoms with E-state index in [2.05, 4.69) is 5.32 Å². The van der Waals surface area contributed by atoms with Crippen molar-refractivity contribution < 1.29 is 22.7 Å². The summed E-state index contributed by atoms with van der Waals surface area (Å²) in [6.07, 6.45) is 1.60. The van der Waals surface area contributed by atoms with Gasteiger partial charge in [0.05, 0.1) is 17.1 Å². The Morgan fingerprint density at radius 2 is 1.68 bits per heavy atom. The summed E-state index contributed by atoms with van der Waals surface area (Å²) < 4.78 is 29.3. The van der Waals surface area contributed by atoms with Gasteiger partial charge in [-0.05, 0) is 68.7 Å². The number of benzene rings is 2. The molecule has 1 unspecified atom stereocenters. The van der Waals surface area contributed by atoms with E-state index >= 15 is 0 Å². The van der Waals surface area contributed by atoms with Crippen LogP contribution in [0, 0.1) is 0 Å². The van der Waals surface area contributed by atoms with Crippen LogP contribution in [0.1, 0.15) is 51.7 Å². The smallest absolute Gasteiger partial charge is 0.414 e. The normalized spacial score (nSPS) is 16.2. The number of hydrogen-bond donors (Lipinski definition) is 1. The molecule has 0 fully saturated rings. The predicted octanol–water partition coefficient (Wildman–Crippen LogP) is 4.90. The fraction of sp³-hybridized carbons (Fsp3) is 0.385.